The monoisotopic (exact) mass is 493 g/mol. The van der Waals surface area contributed by atoms with Gasteiger partial charge in [-0.25, -0.2) is 4.79 Å². The summed E-state index contributed by atoms with van der Waals surface area (Å²) in [5.74, 6) is -1.05. The number of alkyl halides is 3. The zero-order chi connectivity index (χ0) is 25.6. The highest BCUT2D eigenvalue weighted by molar-refractivity contribution is 5.94. The van der Waals surface area contributed by atoms with Crippen LogP contribution < -0.4 is 19.5 Å². The Balaban J connectivity index is 0.000000429. The fraction of sp³-hybridized carbons (Fsp3) is 0.261. The van der Waals surface area contributed by atoms with Gasteiger partial charge >= 0.3 is 12.1 Å². The number of aliphatic carboxylic acids is 1. The third kappa shape index (κ3) is 6.22. The van der Waals surface area contributed by atoms with Gasteiger partial charge in [-0.05, 0) is 30.2 Å². The van der Waals surface area contributed by atoms with Crippen molar-refractivity contribution in [3.05, 3.63) is 54.4 Å². The summed E-state index contributed by atoms with van der Waals surface area (Å²) < 4.78 is 48.3. The number of ether oxygens (including phenoxy) is 3. The number of carbonyl (C=O) groups is 2. The van der Waals surface area contributed by atoms with Gasteiger partial charge in [0.2, 0.25) is 5.91 Å². The Kier molecular flexibility index (Phi) is 7.84. The molecule has 0 spiro atoms. The number of H-pyrrole nitrogens is 1. The molecule has 3 aromatic rings. The minimum atomic E-state index is -5.08. The number of carboxylic acids is 1. The highest BCUT2D eigenvalue weighted by Crippen LogP contribution is 2.37. The second-order valence-corrected chi connectivity index (χ2v) is 7.35. The molecule has 1 aliphatic heterocycles. The molecular formula is C23H22F3N3O6. The van der Waals surface area contributed by atoms with Gasteiger partial charge < -0.3 is 24.6 Å². The molecule has 0 saturated heterocycles. The molecule has 186 valence electrons. The summed E-state index contributed by atoms with van der Waals surface area (Å²) in [4.78, 5) is 21.7. The summed E-state index contributed by atoms with van der Waals surface area (Å²) in [6, 6.07) is 11.3. The molecule has 1 aromatic heterocycles. The van der Waals surface area contributed by atoms with Gasteiger partial charge in [0.25, 0.3) is 0 Å². The van der Waals surface area contributed by atoms with E-state index in [1.165, 1.54) is 0 Å². The van der Waals surface area contributed by atoms with Crippen LogP contribution in [0.2, 0.25) is 0 Å². The number of aromatic nitrogens is 2. The fourth-order valence-corrected chi connectivity index (χ4v) is 3.37. The molecule has 1 unspecified atom stereocenters. The molecule has 1 aliphatic rings. The first kappa shape index (κ1) is 25.4. The lowest BCUT2D eigenvalue weighted by atomic mass is 9.95. The topological polar surface area (TPSA) is 123 Å². The van der Waals surface area contributed by atoms with Crippen LogP contribution in [0, 0.1) is 5.92 Å². The van der Waals surface area contributed by atoms with E-state index in [4.69, 9.17) is 24.1 Å². The highest BCUT2D eigenvalue weighted by Gasteiger charge is 2.38. The van der Waals surface area contributed by atoms with Crippen LogP contribution >= 0.6 is 0 Å². The van der Waals surface area contributed by atoms with E-state index in [2.05, 4.69) is 15.5 Å². The number of hydrogen-bond donors (Lipinski definition) is 3. The maximum Gasteiger partial charge on any atom is 0.490 e. The van der Waals surface area contributed by atoms with Gasteiger partial charge in [0.15, 0.2) is 11.5 Å². The smallest absolute Gasteiger partial charge is 0.490 e. The standard InChI is InChI=1S/C21H21N3O4.C2HF3O2/c1-26-18-5-3-4-13-8-14(12-28-20(13)18)21(25)24-16-6-7-17(19(9-16)27-2)15-10-22-23-11-15;3-2(4,5)1(6)7/h3-7,9-11,14H,8,12H2,1-2H3,(H,22,23)(H,24,25);(H,6,7). The molecule has 35 heavy (non-hydrogen) atoms. The van der Waals surface area contributed by atoms with Gasteiger partial charge in [-0.3, -0.25) is 9.89 Å². The van der Waals surface area contributed by atoms with Gasteiger partial charge in [0.05, 0.1) is 26.3 Å². The number of rotatable bonds is 5. The van der Waals surface area contributed by atoms with E-state index in [1.54, 1.807) is 32.7 Å². The number of para-hydroxylation sites is 1. The van der Waals surface area contributed by atoms with Crippen molar-refractivity contribution in [2.45, 2.75) is 12.6 Å². The first-order valence-corrected chi connectivity index (χ1v) is 10.2. The number of halogens is 3. The Morgan fingerprint density at radius 2 is 1.89 bits per heavy atom. The van der Waals surface area contributed by atoms with Crippen molar-refractivity contribution in [1.82, 2.24) is 10.2 Å². The van der Waals surface area contributed by atoms with E-state index in [-0.39, 0.29) is 11.8 Å². The molecule has 0 aliphatic carbocycles. The van der Waals surface area contributed by atoms with Crippen LogP contribution in [0.4, 0.5) is 18.9 Å². The molecule has 2 aromatic carbocycles. The van der Waals surface area contributed by atoms with Crippen molar-refractivity contribution >= 4 is 17.6 Å². The lowest BCUT2D eigenvalue weighted by molar-refractivity contribution is -0.192. The van der Waals surface area contributed by atoms with Gasteiger partial charge in [-0.15, -0.1) is 0 Å². The molecule has 2 heterocycles. The lowest BCUT2D eigenvalue weighted by Gasteiger charge is -2.26. The largest absolute Gasteiger partial charge is 0.496 e. The second-order valence-electron chi connectivity index (χ2n) is 7.35. The summed E-state index contributed by atoms with van der Waals surface area (Å²) in [6.07, 6.45) is -0.967. The number of hydrogen-bond acceptors (Lipinski definition) is 6. The summed E-state index contributed by atoms with van der Waals surface area (Å²) in [7, 11) is 3.21. The molecule has 12 heteroatoms. The first-order chi connectivity index (χ1) is 16.6. The van der Waals surface area contributed by atoms with Crippen molar-refractivity contribution in [3.8, 4) is 28.4 Å². The number of nitrogens with zero attached hydrogens (tertiary/aromatic N) is 1. The van der Waals surface area contributed by atoms with Gasteiger partial charge in [-0.2, -0.15) is 18.3 Å². The number of benzene rings is 2. The number of amides is 1. The van der Waals surface area contributed by atoms with E-state index < -0.39 is 12.1 Å². The first-order valence-electron chi connectivity index (χ1n) is 10.2. The minimum Gasteiger partial charge on any atom is -0.496 e. The van der Waals surface area contributed by atoms with Crippen LogP contribution in [0.15, 0.2) is 48.8 Å². The average molecular weight is 493 g/mol. The molecule has 3 N–H and O–H groups in total. The third-order valence-electron chi connectivity index (χ3n) is 5.07. The fourth-order valence-electron chi connectivity index (χ4n) is 3.37. The highest BCUT2D eigenvalue weighted by atomic mass is 19.4. The number of nitrogens with one attached hydrogen (secondary N) is 2. The SMILES string of the molecule is COc1cc(NC(=O)C2COc3c(cccc3OC)C2)ccc1-c1cn[nH]c1.O=C(O)C(F)(F)F. The quantitative estimate of drug-likeness (QED) is 0.492. The van der Waals surface area contributed by atoms with Crippen LogP contribution in [0.1, 0.15) is 5.56 Å². The van der Waals surface area contributed by atoms with Crippen molar-refractivity contribution in [3.63, 3.8) is 0 Å². The Labute approximate surface area is 197 Å². The van der Waals surface area contributed by atoms with Gasteiger partial charge in [-0.1, -0.05) is 12.1 Å². The van der Waals surface area contributed by atoms with E-state index in [0.29, 0.717) is 30.2 Å². The van der Waals surface area contributed by atoms with Crippen LogP contribution in [-0.4, -0.2) is 54.2 Å². The van der Waals surface area contributed by atoms with Crippen LogP contribution in [0.5, 0.6) is 17.2 Å². The Hall–Kier alpha value is -4.22. The number of aromatic amines is 1. The number of fused-ring (bicyclic) bond motifs is 1. The number of carbonyl (C=O) groups excluding carboxylic acids is 1. The second kappa shape index (κ2) is 10.8. The van der Waals surface area contributed by atoms with Crippen molar-refractivity contribution in [2.75, 3.05) is 26.1 Å². The molecular weight excluding hydrogens is 471 g/mol. The molecule has 9 nitrogen and oxygen atoms in total. The van der Waals surface area contributed by atoms with Gasteiger partial charge in [0.1, 0.15) is 12.4 Å². The van der Waals surface area contributed by atoms with Crippen molar-refractivity contribution in [2.24, 2.45) is 5.92 Å². The van der Waals surface area contributed by atoms with Crippen molar-refractivity contribution < 1.29 is 42.1 Å². The molecule has 0 fully saturated rings. The maximum absolute atomic E-state index is 12.8. The lowest BCUT2D eigenvalue weighted by Crippen LogP contribution is -2.32. The van der Waals surface area contributed by atoms with E-state index in [0.717, 1.165) is 22.4 Å². The van der Waals surface area contributed by atoms with E-state index >= 15 is 0 Å². The molecule has 1 amide bonds. The zero-order valence-corrected chi connectivity index (χ0v) is 18.7. The van der Waals surface area contributed by atoms with Crippen LogP contribution in [0.25, 0.3) is 11.1 Å². The Morgan fingerprint density at radius 1 is 1.17 bits per heavy atom. The summed E-state index contributed by atoms with van der Waals surface area (Å²) in [6.45, 7) is 0.309. The molecule has 4 rings (SSSR count). The third-order valence-corrected chi connectivity index (χ3v) is 5.07. The number of carboxylic acid groups (broad SMARTS) is 1. The van der Waals surface area contributed by atoms with E-state index in [1.807, 2.05) is 30.3 Å². The number of anilines is 1. The van der Waals surface area contributed by atoms with Gasteiger partial charge in [0, 0.05) is 29.1 Å². The summed E-state index contributed by atoms with van der Waals surface area (Å²) >= 11 is 0. The Morgan fingerprint density at radius 3 is 2.49 bits per heavy atom. The zero-order valence-electron chi connectivity index (χ0n) is 18.7. The summed E-state index contributed by atoms with van der Waals surface area (Å²) in [5, 5.41) is 16.8. The molecule has 1 atom stereocenters. The van der Waals surface area contributed by atoms with Crippen molar-refractivity contribution in [1.29, 1.82) is 0 Å². The molecule has 0 saturated carbocycles. The minimum absolute atomic E-state index is 0.0911. The maximum atomic E-state index is 12.8. The number of methoxy groups -OCH3 is 2. The van der Waals surface area contributed by atoms with Crippen LogP contribution in [-0.2, 0) is 16.0 Å². The predicted octanol–water partition coefficient (Wildman–Crippen LogP) is 3.92. The molecule has 0 radical (unpaired) electrons. The predicted molar refractivity (Wildman–Crippen MR) is 119 cm³/mol. The Bertz CT molecular complexity index is 1180. The normalized spacial score (nSPS) is 14.5. The molecule has 0 bridgehead atoms. The van der Waals surface area contributed by atoms with Crippen LogP contribution in [0.3, 0.4) is 0 Å². The van der Waals surface area contributed by atoms with E-state index in [9.17, 15) is 18.0 Å². The average Bonchev–Trinajstić information content (AvgIpc) is 3.37. The summed E-state index contributed by atoms with van der Waals surface area (Å²) in [5.41, 5.74) is 3.46.